The fourth-order valence-electron chi connectivity index (χ4n) is 1.74. The van der Waals surface area contributed by atoms with Gasteiger partial charge < -0.3 is 5.32 Å². The van der Waals surface area contributed by atoms with Crippen LogP contribution < -0.4 is 5.32 Å². The Kier molecular flexibility index (Phi) is 3.38. The van der Waals surface area contributed by atoms with E-state index >= 15 is 0 Å². The summed E-state index contributed by atoms with van der Waals surface area (Å²) >= 11 is 5.90. The van der Waals surface area contributed by atoms with Crippen molar-refractivity contribution in [1.29, 1.82) is 0 Å². The SMILES string of the molecule is ClC1CC(CNCc2cccnc2)C1. The molecule has 3 heteroatoms. The lowest BCUT2D eigenvalue weighted by Gasteiger charge is -2.30. The minimum atomic E-state index is 0.431. The van der Waals surface area contributed by atoms with Gasteiger partial charge in [-0.3, -0.25) is 4.98 Å². The maximum atomic E-state index is 5.90. The third kappa shape index (κ3) is 2.69. The van der Waals surface area contributed by atoms with E-state index in [9.17, 15) is 0 Å². The highest BCUT2D eigenvalue weighted by molar-refractivity contribution is 6.21. The van der Waals surface area contributed by atoms with Crippen LogP contribution in [0.15, 0.2) is 24.5 Å². The van der Waals surface area contributed by atoms with Crippen LogP contribution in [0.25, 0.3) is 0 Å². The molecule has 1 aromatic rings. The summed E-state index contributed by atoms with van der Waals surface area (Å²) in [6.07, 6.45) is 6.04. The van der Waals surface area contributed by atoms with Crippen LogP contribution in [-0.4, -0.2) is 16.9 Å². The predicted molar refractivity (Wildman–Crippen MR) is 58.3 cm³/mol. The number of nitrogens with one attached hydrogen (secondary N) is 1. The number of halogens is 1. The van der Waals surface area contributed by atoms with Gasteiger partial charge in [-0.1, -0.05) is 6.07 Å². The van der Waals surface area contributed by atoms with Crippen LogP contribution in [0.4, 0.5) is 0 Å². The van der Waals surface area contributed by atoms with Crippen molar-refractivity contribution in [2.24, 2.45) is 5.92 Å². The third-order valence-corrected chi connectivity index (χ3v) is 3.02. The van der Waals surface area contributed by atoms with E-state index in [-0.39, 0.29) is 0 Å². The average molecular weight is 211 g/mol. The molecule has 0 aromatic carbocycles. The summed E-state index contributed by atoms with van der Waals surface area (Å²) in [6.45, 7) is 2.00. The quantitative estimate of drug-likeness (QED) is 0.771. The Morgan fingerprint density at radius 1 is 1.50 bits per heavy atom. The normalized spacial score (nSPS) is 25.8. The van der Waals surface area contributed by atoms with E-state index in [1.807, 2.05) is 12.3 Å². The first-order valence-electron chi connectivity index (χ1n) is 5.08. The summed E-state index contributed by atoms with van der Waals surface area (Å²) in [7, 11) is 0. The zero-order valence-electron chi connectivity index (χ0n) is 8.12. The number of alkyl halides is 1. The molecule has 2 rings (SSSR count). The van der Waals surface area contributed by atoms with Gasteiger partial charge in [-0.2, -0.15) is 0 Å². The zero-order chi connectivity index (χ0) is 9.80. The molecule has 0 atom stereocenters. The highest BCUT2D eigenvalue weighted by Gasteiger charge is 2.26. The minimum absolute atomic E-state index is 0.431. The molecule has 0 radical (unpaired) electrons. The summed E-state index contributed by atoms with van der Waals surface area (Å²) in [6, 6.07) is 4.06. The molecule has 0 bridgehead atoms. The van der Waals surface area contributed by atoms with Gasteiger partial charge in [0.25, 0.3) is 0 Å². The maximum absolute atomic E-state index is 5.90. The summed E-state index contributed by atoms with van der Waals surface area (Å²) in [5.74, 6) is 0.786. The van der Waals surface area contributed by atoms with Crippen molar-refractivity contribution in [3.8, 4) is 0 Å². The molecule has 0 unspecified atom stereocenters. The number of rotatable bonds is 4. The second-order valence-electron chi connectivity index (χ2n) is 3.93. The molecule has 0 saturated heterocycles. The maximum Gasteiger partial charge on any atom is 0.0342 e. The van der Waals surface area contributed by atoms with Crippen LogP contribution >= 0.6 is 11.6 Å². The van der Waals surface area contributed by atoms with Crippen molar-refractivity contribution in [1.82, 2.24) is 10.3 Å². The Bertz CT molecular complexity index is 270. The molecular weight excluding hydrogens is 196 g/mol. The van der Waals surface area contributed by atoms with Crippen molar-refractivity contribution < 1.29 is 0 Å². The lowest BCUT2D eigenvalue weighted by Crippen LogP contribution is -2.33. The van der Waals surface area contributed by atoms with Crippen LogP contribution in [0.2, 0.25) is 0 Å². The number of pyridine rings is 1. The second-order valence-corrected chi connectivity index (χ2v) is 4.54. The highest BCUT2D eigenvalue weighted by Crippen LogP contribution is 2.31. The first-order chi connectivity index (χ1) is 6.84. The highest BCUT2D eigenvalue weighted by atomic mass is 35.5. The summed E-state index contributed by atoms with van der Waals surface area (Å²) < 4.78 is 0. The van der Waals surface area contributed by atoms with Crippen LogP contribution in [0.1, 0.15) is 18.4 Å². The van der Waals surface area contributed by atoms with E-state index in [0.717, 1.165) is 19.0 Å². The van der Waals surface area contributed by atoms with Crippen LogP contribution in [0, 0.1) is 5.92 Å². The van der Waals surface area contributed by atoms with Crippen molar-refractivity contribution >= 4 is 11.6 Å². The Hall–Kier alpha value is -0.600. The lowest BCUT2D eigenvalue weighted by molar-refractivity contribution is 0.308. The zero-order valence-corrected chi connectivity index (χ0v) is 8.87. The number of hydrogen-bond donors (Lipinski definition) is 1. The number of aromatic nitrogens is 1. The van der Waals surface area contributed by atoms with Crippen molar-refractivity contribution in [2.75, 3.05) is 6.54 Å². The van der Waals surface area contributed by atoms with Crippen LogP contribution in [0.5, 0.6) is 0 Å². The average Bonchev–Trinajstić information content (AvgIpc) is 2.17. The lowest BCUT2D eigenvalue weighted by atomic mass is 9.85. The van der Waals surface area contributed by atoms with Gasteiger partial charge >= 0.3 is 0 Å². The van der Waals surface area contributed by atoms with Gasteiger partial charge in [-0.15, -0.1) is 11.6 Å². The number of hydrogen-bond acceptors (Lipinski definition) is 2. The van der Waals surface area contributed by atoms with Gasteiger partial charge in [0.1, 0.15) is 0 Å². The summed E-state index contributed by atoms with van der Waals surface area (Å²) in [5.41, 5.74) is 1.24. The first-order valence-corrected chi connectivity index (χ1v) is 5.52. The molecule has 1 heterocycles. The molecule has 1 N–H and O–H groups in total. The Morgan fingerprint density at radius 2 is 2.36 bits per heavy atom. The van der Waals surface area contributed by atoms with Gasteiger partial charge in [0.2, 0.25) is 0 Å². The number of nitrogens with zero attached hydrogens (tertiary/aromatic N) is 1. The molecule has 0 amide bonds. The Balaban J connectivity index is 1.64. The van der Waals surface area contributed by atoms with Crippen molar-refractivity contribution in [2.45, 2.75) is 24.8 Å². The molecule has 1 fully saturated rings. The molecule has 1 aliphatic rings. The van der Waals surface area contributed by atoms with Crippen LogP contribution in [-0.2, 0) is 6.54 Å². The summed E-state index contributed by atoms with van der Waals surface area (Å²) in [5, 5.41) is 3.86. The minimum Gasteiger partial charge on any atom is -0.312 e. The van der Waals surface area contributed by atoms with Gasteiger partial charge in [0, 0.05) is 24.3 Å². The van der Waals surface area contributed by atoms with Crippen LogP contribution in [0.3, 0.4) is 0 Å². The van der Waals surface area contributed by atoms with E-state index in [1.54, 1.807) is 6.20 Å². The van der Waals surface area contributed by atoms with Gasteiger partial charge in [-0.05, 0) is 36.9 Å². The van der Waals surface area contributed by atoms with Gasteiger partial charge in [0.15, 0.2) is 0 Å². The van der Waals surface area contributed by atoms with E-state index in [4.69, 9.17) is 11.6 Å². The molecule has 1 aliphatic carbocycles. The fourth-order valence-corrected chi connectivity index (χ4v) is 2.25. The molecule has 76 valence electrons. The molecule has 2 nitrogen and oxygen atoms in total. The first kappa shape index (κ1) is 9.94. The standard InChI is InChI=1S/C11H15ClN2/c12-11-4-10(5-11)8-14-7-9-2-1-3-13-6-9/h1-3,6,10-11,14H,4-5,7-8H2. The smallest absolute Gasteiger partial charge is 0.0342 e. The fraction of sp³-hybridized carbons (Fsp3) is 0.545. The largest absolute Gasteiger partial charge is 0.312 e. The summed E-state index contributed by atoms with van der Waals surface area (Å²) in [4.78, 5) is 4.07. The second kappa shape index (κ2) is 4.76. The van der Waals surface area contributed by atoms with Gasteiger partial charge in [0.05, 0.1) is 0 Å². The Labute approximate surface area is 89.7 Å². The Morgan fingerprint density at radius 3 is 3.00 bits per heavy atom. The topological polar surface area (TPSA) is 24.9 Å². The van der Waals surface area contributed by atoms with Gasteiger partial charge in [-0.25, -0.2) is 0 Å². The molecule has 14 heavy (non-hydrogen) atoms. The molecule has 0 aliphatic heterocycles. The third-order valence-electron chi connectivity index (χ3n) is 2.66. The van der Waals surface area contributed by atoms with E-state index in [0.29, 0.717) is 5.38 Å². The van der Waals surface area contributed by atoms with Crippen molar-refractivity contribution in [3.05, 3.63) is 30.1 Å². The van der Waals surface area contributed by atoms with E-state index < -0.39 is 0 Å². The monoisotopic (exact) mass is 210 g/mol. The molecule has 1 aromatic heterocycles. The predicted octanol–water partition coefficient (Wildman–Crippen LogP) is 2.19. The molecule has 1 saturated carbocycles. The van der Waals surface area contributed by atoms with Crippen molar-refractivity contribution in [3.63, 3.8) is 0 Å². The molecule has 0 spiro atoms. The molecular formula is C11H15ClN2. The van der Waals surface area contributed by atoms with E-state index in [1.165, 1.54) is 18.4 Å². The van der Waals surface area contributed by atoms with E-state index in [2.05, 4.69) is 16.4 Å².